The Morgan fingerprint density at radius 2 is 1.66 bits per heavy atom. The minimum Gasteiger partial charge on any atom is -0.341 e. The Morgan fingerprint density at radius 3 is 2.22 bits per heavy atom. The van der Waals surface area contributed by atoms with Crippen molar-refractivity contribution in [3.05, 3.63) is 29.8 Å². The summed E-state index contributed by atoms with van der Waals surface area (Å²) in [6, 6.07) is 7.40. The summed E-state index contributed by atoms with van der Waals surface area (Å²) in [5, 5.41) is 0. The van der Waals surface area contributed by atoms with Crippen LogP contribution in [0, 0.1) is 0 Å². The summed E-state index contributed by atoms with van der Waals surface area (Å²) < 4.78 is 48.1. The number of nitrogens with zero attached hydrogens (tertiary/aromatic N) is 3. The van der Waals surface area contributed by atoms with Gasteiger partial charge in [-0.2, -0.15) is 4.31 Å². The van der Waals surface area contributed by atoms with E-state index in [4.69, 9.17) is 0 Å². The Hall–Kier alpha value is -1.49. The van der Waals surface area contributed by atoms with Gasteiger partial charge in [0.05, 0.1) is 11.2 Å². The Morgan fingerprint density at radius 1 is 1.00 bits per heavy atom. The number of benzene rings is 1. The van der Waals surface area contributed by atoms with Gasteiger partial charge in [0.15, 0.2) is 9.84 Å². The van der Waals surface area contributed by atoms with E-state index in [2.05, 4.69) is 18.7 Å². The molecular formula is C22H37N3O5S2. The fourth-order valence-corrected chi connectivity index (χ4v) is 5.53. The minimum absolute atomic E-state index is 0.0226. The largest absolute Gasteiger partial charge is 0.341 e. The van der Waals surface area contributed by atoms with Gasteiger partial charge in [0, 0.05) is 44.9 Å². The molecule has 1 fully saturated rings. The summed E-state index contributed by atoms with van der Waals surface area (Å²) in [5.74, 6) is 0.0226. The third-order valence-corrected chi connectivity index (χ3v) is 8.48. The third-order valence-electron chi connectivity index (χ3n) is 6.05. The van der Waals surface area contributed by atoms with E-state index in [1.807, 2.05) is 12.1 Å². The Bertz CT molecular complexity index is 962. The smallest absolute Gasteiger partial charge is 0.223 e. The second-order valence-corrected chi connectivity index (χ2v) is 12.6. The fraction of sp³-hybridized carbons (Fsp3) is 0.682. The summed E-state index contributed by atoms with van der Waals surface area (Å²) in [7, 11) is -6.44. The van der Waals surface area contributed by atoms with Gasteiger partial charge in [0.1, 0.15) is 0 Å². The number of unbranched alkanes of at least 4 members (excludes halogenated alkanes) is 1. The first-order valence-electron chi connectivity index (χ1n) is 11.2. The standard InChI is InChI=1S/C22H37N3O5S2/c1-5-23(19(2)18-20-8-10-21(11-9-20)31(3,27)28)13-6-7-14-24-16-17-25(32(4,29)30)15-12-22(24)26/h8-11,19H,5-7,12-18H2,1-4H3. The van der Waals surface area contributed by atoms with Crippen LogP contribution in [0.25, 0.3) is 0 Å². The van der Waals surface area contributed by atoms with E-state index in [1.165, 1.54) is 16.8 Å². The fourth-order valence-electron chi connectivity index (χ4n) is 4.07. The Balaban J connectivity index is 1.80. The van der Waals surface area contributed by atoms with Crippen molar-refractivity contribution in [2.45, 2.75) is 50.5 Å². The highest BCUT2D eigenvalue weighted by Gasteiger charge is 2.25. The molecule has 0 aromatic heterocycles. The average Bonchev–Trinajstić information content (AvgIpc) is 2.89. The summed E-state index contributed by atoms with van der Waals surface area (Å²) in [6.07, 6.45) is 5.30. The molecule has 182 valence electrons. The van der Waals surface area contributed by atoms with Gasteiger partial charge in [-0.05, 0) is 57.0 Å². The molecule has 0 aliphatic carbocycles. The number of likely N-dealkylation sites (N-methyl/N-ethyl adjacent to an activating group) is 1. The van der Waals surface area contributed by atoms with Crippen molar-refractivity contribution in [1.82, 2.24) is 14.1 Å². The van der Waals surface area contributed by atoms with Gasteiger partial charge >= 0.3 is 0 Å². The van der Waals surface area contributed by atoms with Crippen LogP contribution in [-0.2, 0) is 31.1 Å². The van der Waals surface area contributed by atoms with E-state index in [0.717, 1.165) is 37.9 Å². The van der Waals surface area contributed by atoms with Crippen LogP contribution in [0.3, 0.4) is 0 Å². The quantitative estimate of drug-likeness (QED) is 0.440. The average molecular weight is 488 g/mol. The second kappa shape index (κ2) is 11.6. The van der Waals surface area contributed by atoms with Crippen LogP contribution < -0.4 is 0 Å². The molecule has 0 saturated carbocycles. The van der Waals surface area contributed by atoms with E-state index in [-0.39, 0.29) is 18.9 Å². The summed E-state index contributed by atoms with van der Waals surface area (Å²) in [5.41, 5.74) is 1.11. The monoisotopic (exact) mass is 487 g/mol. The minimum atomic E-state index is -3.26. The molecule has 1 heterocycles. The van der Waals surface area contributed by atoms with Crippen molar-refractivity contribution < 1.29 is 21.6 Å². The van der Waals surface area contributed by atoms with Gasteiger partial charge in [0.2, 0.25) is 15.9 Å². The molecule has 1 unspecified atom stereocenters. The van der Waals surface area contributed by atoms with E-state index in [1.54, 1.807) is 17.0 Å². The Kier molecular flexibility index (Phi) is 9.68. The molecule has 0 radical (unpaired) electrons. The topological polar surface area (TPSA) is 95.1 Å². The van der Waals surface area contributed by atoms with Crippen LogP contribution in [0.5, 0.6) is 0 Å². The molecule has 8 nitrogen and oxygen atoms in total. The van der Waals surface area contributed by atoms with Crippen LogP contribution in [0.2, 0.25) is 0 Å². The molecule has 1 saturated heterocycles. The molecule has 10 heteroatoms. The molecule has 1 aromatic carbocycles. The van der Waals surface area contributed by atoms with Crippen molar-refractivity contribution in [1.29, 1.82) is 0 Å². The number of rotatable bonds is 11. The van der Waals surface area contributed by atoms with E-state index in [0.29, 0.717) is 30.6 Å². The van der Waals surface area contributed by atoms with Gasteiger partial charge in [-0.3, -0.25) is 4.79 Å². The van der Waals surface area contributed by atoms with Crippen molar-refractivity contribution in [2.75, 3.05) is 51.8 Å². The van der Waals surface area contributed by atoms with Crippen molar-refractivity contribution in [3.63, 3.8) is 0 Å². The van der Waals surface area contributed by atoms with Crippen LogP contribution >= 0.6 is 0 Å². The third kappa shape index (κ3) is 8.13. The van der Waals surface area contributed by atoms with Crippen molar-refractivity contribution in [3.8, 4) is 0 Å². The lowest BCUT2D eigenvalue weighted by molar-refractivity contribution is -0.130. The number of hydrogen-bond donors (Lipinski definition) is 0. The summed E-state index contributed by atoms with van der Waals surface area (Å²) in [6.45, 7) is 7.85. The molecular weight excluding hydrogens is 450 g/mol. The number of carbonyl (C=O) groups excluding carboxylic acids is 1. The zero-order valence-corrected chi connectivity index (χ0v) is 21.3. The zero-order chi connectivity index (χ0) is 23.9. The number of hydrogen-bond acceptors (Lipinski definition) is 6. The maximum atomic E-state index is 12.3. The van der Waals surface area contributed by atoms with Gasteiger partial charge in [-0.15, -0.1) is 0 Å². The first-order chi connectivity index (χ1) is 14.9. The van der Waals surface area contributed by atoms with Crippen LogP contribution in [0.4, 0.5) is 0 Å². The molecule has 1 aliphatic rings. The molecule has 1 aromatic rings. The maximum Gasteiger partial charge on any atom is 0.223 e. The molecule has 1 atom stereocenters. The van der Waals surface area contributed by atoms with E-state index >= 15 is 0 Å². The highest BCUT2D eigenvalue weighted by Crippen LogP contribution is 2.15. The van der Waals surface area contributed by atoms with E-state index < -0.39 is 19.9 Å². The molecule has 0 bridgehead atoms. The predicted molar refractivity (Wildman–Crippen MR) is 127 cm³/mol. The van der Waals surface area contributed by atoms with Gasteiger partial charge < -0.3 is 9.80 Å². The highest BCUT2D eigenvalue weighted by atomic mass is 32.2. The predicted octanol–water partition coefficient (Wildman–Crippen LogP) is 1.62. The Labute approximate surface area is 193 Å². The lowest BCUT2D eigenvalue weighted by Gasteiger charge is -2.28. The highest BCUT2D eigenvalue weighted by molar-refractivity contribution is 7.90. The molecule has 0 spiro atoms. The van der Waals surface area contributed by atoms with Crippen LogP contribution in [0.1, 0.15) is 38.7 Å². The molecule has 1 aliphatic heterocycles. The van der Waals surface area contributed by atoms with Crippen molar-refractivity contribution in [2.24, 2.45) is 0 Å². The molecule has 32 heavy (non-hydrogen) atoms. The SMILES string of the molecule is CCN(CCCCN1CCN(S(C)(=O)=O)CCC1=O)C(C)Cc1ccc(S(C)(=O)=O)cc1. The number of sulfone groups is 1. The zero-order valence-electron chi connectivity index (χ0n) is 19.7. The van der Waals surface area contributed by atoms with Gasteiger partial charge in [-0.25, -0.2) is 16.8 Å². The molecule has 1 amide bonds. The maximum absolute atomic E-state index is 12.3. The van der Waals surface area contributed by atoms with Gasteiger partial charge in [-0.1, -0.05) is 19.1 Å². The lowest BCUT2D eigenvalue weighted by Crippen LogP contribution is -2.37. The number of carbonyl (C=O) groups is 1. The molecule has 0 N–H and O–H groups in total. The second-order valence-electron chi connectivity index (χ2n) is 8.60. The number of amides is 1. The van der Waals surface area contributed by atoms with Crippen LogP contribution in [-0.4, -0.2) is 94.7 Å². The van der Waals surface area contributed by atoms with Crippen LogP contribution in [0.15, 0.2) is 29.2 Å². The summed E-state index contributed by atoms with van der Waals surface area (Å²) >= 11 is 0. The number of sulfonamides is 1. The first kappa shape index (κ1) is 26.8. The van der Waals surface area contributed by atoms with E-state index in [9.17, 15) is 21.6 Å². The molecule has 2 rings (SSSR count). The lowest BCUT2D eigenvalue weighted by atomic mass is 10.1. The van der Waals surface area contributed by atoms with Gasteiger partial charge in [0.25, 0.3) is 0 Å². The normalized spacial score (nSPS) is 17.5. The first-order valence-corrected chi connectivity index (χ1v) is 14.9. The van der Waals surface area contributed by atoms with Crippen molar-refractivity contribution >= 4 is 25.8 Å². The summed E-state index contributed by atoms with van der Waals surface area (Å²) in [4.78, 5) is 16.8.